The maximum Gasteiger partial charge on any atom is 0.0543 e. The summed E-state index contributed by atoms with van der Waals surface area (Å²) in [6, 6.07) is 0. The molecule has 0 radical (unpaired) electrons. The van der Waals surface area contributed by atoms with Gasteiger partial charge in [0.1, 0.15) is 0 Å². The first-order chi connectivity index (χ1) is 13.8. The molecule has 168 valence electrons. The molecule has 1 unspecified atom stereocenters. The molecular formula is C27H48O2. The maximum absolute atomic E-state index is 10.3. The van der Waals surface area contributed by atoms with E-state index in [0.29, 0.717) is 23.4 Å². The van der Waals surface area contributed by atoms with E-state index in [1.807, 2.05) is 0 Å². The number of rotatable bonds is 6. The molecule has 2 nitrogen and oxygen atoms in total. The number of hydrogen-bond acceptors (Lipinski definition) is 2. The van der Waals surface area contributed by atoms with Crippen LogP contribution in [0, 0.1) is 52.3 Å². The summed E-state index contributed by atoms with van der Waals surface area (Å²) in [5, 5.41) is 19.6. The molecular weight excluding hydrogens is 356 g/mol. The van der Waals surface area contributed by atoms with Gasteiger partial charge in [0.05, 0.1) is 6.10 Å². The summed E-state index contributed by atoms with van der Waals surface area (Å²) in [6.45, 7) is 10.4. The van der Waals surface area contributed by atoms with E-state index in [-0.39, 0.29) is 6.10 Å². The van der Waals surface area contributed by atoms with Gasteiger partial charge in [-0.25, -0.2) is 0 Å². The first-order valence-corrected chi connectivity index (χ1v) is 13.1. The molecule has 4 aliphatic rings. The summed E-state index contributed by atoms with van der Waals surface area (Å²) < 4.78 is 0. The SMILES string of the molecule is C[C@@H](CO)CCC[C@@H](C)[C@H]1CC[C@H]2[C@@H]3CCC4C[C@@H](O)CC[C@]4(C)[C@H]3CC[C@]12C. The molecule has 0 aromatic rings. The fourth-order valence-corrected chi connectivity index (χ4v) is 9.29. The van der Waals surface area contributed by atoms with Gasteiger partial charge in [0.25, 0.3) is 0 Å². The van der Waals surface area contributed by atoms with E-state index >= 15 is 0 Å². The molecule has 2 heteroatoms. The van der Waals surface area contributed by atoms with E-state index in [2.05, 4.69) is 27.7 Å². The van der Waals surface area contributed by atoms with Gasteiger partial charge in [-0.05, 0) is 116 Å². The van der Waals surface area contributed by atoms with Crippen molar-refractivity contribution >= 4 is 0 Å². The molecule has 2 N–H and O–H groups in total. The Balaban J connectivity index is 1.43. The van der Waals surface area contributed by atoms with Crippen molar-refractivity contribution in [2.75, 3.05) is 6.61 Å². The van der Waals surface area contributed by atoms with Crippen molar-refractivity contribution in [1.29, 1.82) is 0 Å². The van der Waals surface area contributed by atoms with Crippen molar-refractivity contribution in [2.45, 2.75) is 111 Å². The first kappa shape index (κ1) is 22.1. The second-order valence-electron chi connectivity index (χ2n) is 12.5. The van der Waals surface area contributed by atoms with Gasteiger partial charge < -0.3 is 10.2 Å². The fourth-order valence-electron chi connectivity index (χ4n) is 9.29. The molecule has 29 heavy (non-hydrogen) atoms. The molecule has 10 atom stereocenters. The highest BCUT2D eigenvalue weighted by atomic mass is 16.3. The van der Waals surface area contributed by atoms with Crippen LogP contribution in [0.15, 0.2) is 0 Å². The number of fused-ring (bicyclic) bond motifs is 5. The average molecular weight is 405 g/mol. The lowest BCUT2D eigenvalue weighted by Gasteiger charge is -2.61. The average Bonchev–Trinajstić information content (AvgIpc) is 3.05. The van der Waals surface area contributed by atoms with Crippen LogP contribution in [0.5, 0.6) is 0 Å². The molecule has 0 amide bonds. The van der Waals surface area contributed by atoms with Gasteiger partial charge >= 0.3 is 0 Å². The fraction of sp³-hybridized carbons (Fsp3) is 1.00. The smallest absolute Gasteiger partial charge is 0.0543 e. The van der Waals surface area contributed by atoms with Gasteiger partial charge in [0, 0.05) is 6.61 Å². The predicted octanol–water partition coefficient (Wildman–Crippen LogP) is 6.44. The third kappa shape index (κ3) is 3.84. The van der Waals surface area contributed by atoms with Gasteiger partial charge in [-0.1, -0.05) is 40.5 Å². The molecule has 4 saturated carbocycles. The molecule has 4 aliphatic carbocycles. The van der Waals surface area contributed by atoms with Crippen LogP contribution in [0.4, 0.5) is 0 Å². The van der Waals surface area contributed by atoms with Crippen molar-refractivity contribution < 1.29 is 10.2 Å². The summed E-state index contributed by atoms with van der Waals surface area (Å²) in [7, 11) is 0. The van der Waals surface area contributed by atoms with Crippen molar-refractivity contribution in [2.24, 2.45) is 52.3 Å². The molecule has 4 fully saturated rings. The molecule has 0 aromatic heterocycles. The summed E-state index contributed by atoms with van der Waals surface area (Å²) in [4.78, 5) is 0. The van der Waals surface area contributed by atoms with E-state index in [9.17, 15) is 10.2 Å². The summed E-state index contributed by atoms with van der Waals surface area (Å²) in [6.07, 6.45) is 15.8. The lowest BCUT2D eigenvalue weighted by molar-refractivity contribution is -0.129. The third-order valence-electron chi connectivity index (χ3n) is 11.1. The van der Waals surface area contributed by atoms with E-state index in [1.165, 1.54) is 64.2 Å². The van der Waals surface area contributed by atoms with E-state index in [4.69, 9.17) is 0 Å². The standard InChI is InChI=1S/C27H48O2/c1-18(17-28)6-5-7-19(2)23-10-11-24-22-9-8-20-16-21(29)12-14-26(20,3)25(22)13-15-27(23,24)4/h18-25,28-29H,5-17H2,1-4H3/t18-,19-,20?,21+,22+,23-,24+,25+,26+,27-/m1/s1. The third-order valence-corrected chi connectivity index (χ3v) is 11.1. The summed E-state index contributed by atoms with van der Waals surface area (Å²) in [5.41, 5.74) is 1.08. The van der Waals surface area contributed by atoms with E-state index < -0.39 is 0 Å². The Hall–Kier alpha value is -0.0800. The Morgan fingerprint density at radius 3 is 2.34 bits per heavy atom. The molecule has 0 saturated heterocycles. The van der Waals surface area contributed by atoms with Crippen LogP contribution in [0.2, 0.25) is 0 Å². The van der Waals surface area contributed by atoms with Crippen molar-refractivity contribution in [3.8, 4) is 0 Å². The minimum absolute atomic E-state index is 0.0243. The van der Waals surface area contributed by atoms with Crippen molar-refractivity contribution in [3.05, 3.63) is 0 Å². The Kier molecular flexibility index (Phi) is 6.45. The molecule has 0 aliphatic heterocycles. The van der Waals surface area contributed by atoms with Crippen LogP contribution in [-0.2, 0) is 0 Å². The normalized spacial score (nSPS) is 49.0. The van der Waals surface area contributed by atoms with E-state index in [1.54, 1.807) is 0 Å². The number of hydrogen-bond donors (Lipinski definition) is 2. The van der Waals surface area contributed by atoms with Gasteiger partial charge in [-0.15, -0.1) is 0 Å². The van der Waals surface area contributed by atoms with Crippen LogP contribution in [0.1, 0.15) is 105 Å². The largest absolute Gasteiger partial charge is 0.396 e. The van der Waals surface area contributed by atoms with Gasteiger partial charge in [0.15, 0.2) is 0 Å². The zero-order chi connectivity index (χ0) is 20.8. The lowest BCUT2D eigenvalue weighted by Crippen LogP contribution is -2.54. The zero-order valence-corrected chi connectivity index (χ0v) is 19.7. The van der Waals surface area contributed by atoms with Gasteiger partial charge in [-0.3, -0.25) is 0 Å². The van der Waals surface area contributed by atoms with Gasteiger partial charge in [0.2, 0.25) is 0 Å². The van der Waals surface area contributed by atoms with Crippen LogP contribution in [-0.4, -0.2) is 22.9 Å². The van der Waals surface area contributed by atoms with Crippen LogP contribution >= 0.6 is 0 Å². The molecule has 0 aromatic carbocycles. The second kappa shape index (κ2) is 8.45. The number of aliphatic hydroxyl groups is 2. The van der Waals surface area contributed by atoms with Crippen LogP contribution < -0.4 is 0 Å². The van der Waals surface area contributed by atoms with E-state index in [0.717, 1.165) is 48.3 Å². The Labute approximate surface area is 180 Å². The van der Waals surface area contributed by atoms with Crippen molar-refractivity contribution in [3.63, 3.8) is 0 Å². The minimum Gasteiger partial charge on any atom is -0.396 e. The van der Waals surface area contributed by atoms with Crippen LogP contribution in [0.25, 0.3) is 0 Å². The summed E-state index contributed by atoms with van der Waals surface area (Å²) >= 11 is 0. The molecule has 0 heterocycles. The highest BCUT2D eigenvalue weighted by molar-refractivity contribution is 5.09. The quantitative estimate of drug-likeness (QED) is 0.534. The monoisotopic (exact) mass is 404 g/mol. The summed E-state index contributed by atoms with van der Waals surface area (Å²) in [5.74, 6) is 5.83. The Morgan fingerprint density at radius 1 is 0.862 bits per heavy atom. The minimum atomic E-state index is -0.0243. The first-order valence-electron chi connectivity index (χ1n) is 13.1. The van der Waals surface area contributed by atoms with Crippen molar-refractivity contribution in [1.82, 2.24) is 0 Å². The molecule has 0 bridgehead atoms. The zero-order valence-electron chi connectivity index (χ0n) is 19.7. The maximum atomic E-state index is 10.3. The predicted molar refractivity (Wildman–Crippen MR) is 120 cm³/mol. The molecule has 0 spiro atoms. The molecule has 4 rings (SSSR count). The van der Waals surface area contributed by atoms with Gasteiger partial charge in [-0.2, -0.15) is 0 Å². The lowest BCUT2D eigenvalue weighted by atomic mass is 9.44. The topological polar surface area (TPSA) is 40.5 Å². The Bertz CT molecular complexity index is 561. The Morgan fingerprint density at radius 2 is 1.59 bits per heavy atom. The second-order valence-corrected chi connectivity index (χ2v) is 12.5. The van der Waals surface area contributed by atoms with Crippen LogP contribution in [0.3, 0.4) is 0 Å². The number of aliphatic hydroxyl groups excluding tert-OH is 2. The highest BCUT2D eigenvalue weighted by Crippen LogP contribution is 2.68. The highest BCUT2D eigenvalue weighted by Gasteiger charge is 2.60.